The molecule has 0 spiro atoms. The Morgan fingerprint density at radius 3 is 2.71 bits per heavy atom. The summed E-state index contributed by atoms with van der Waals surface area (Å²) in [6.45, 7) is 1.01. The monoisotopic (exact) mass is 268 g/mol. The van der Waals surface area contributed by atoms with Gasteiger partial charge in [0.05, 0.1) is 10.7 Å². The third-order valence-corrected chi connectivity index (χ3v) is 3.86. The molecule has 2 nitrogen and oxygen atoms in total. The number of nitrogens with two attached hydrogens (primary N) is 1. The first-order valence-electron chi connectivity index (χ1n) is 6.00. The minimum absolute atomic E-state index is 0.384. The third kappa shape index (κ3) is 3.33. The standard InChI is InChI=1S/C13H17ClN2S/c14-11-7-10(13(15)17)5-6-12(11)16-8-9-3-1-2-4-9/h5-7,9,16H,1-4,8H2,(H2,15,17). The number of halogens is 1. The predicted molar refractivity (Wildman–Crippen MR) is 77.8 cm³/mol. The molecule has 0 radical (unpaired) electrons. The smallest absolute Gasteiger partial charge is 0.104 e. The first-order valence-corrected chi connectivity index (χ1v) is 6.78. The van der Waals surface area contributed by atoms with Crippen LogP contribution in [0.5, 0.6) is 0 Å². The lowest BCUT2D eigenvalue weighted by Gasteiger charge is -2.13. The maximum absolute atomic E-state index is 6.18. The number of rotatable bonds is 4. The van der Waals surface area contributed by atoms with Crippen molar-refractivity contribution in [2.75, 3.05) is 11.9 Å². The average Bonchev–Trinajstić information content (AvgIpc) is 2.80. The van der Waals surface area contributed by atoms with Crippen molar-refractivity contribution >= 4 is 34.5 Å². The molecule has 0 aliphatic heterocycles. The van der Waals surface area contributed by atoms with Crippen molar-refractivity contribution in [2.45, 2.75) is 25.7 Å². The van der Waals surface area contributed by atoms with Crippen LogP contribution in [0.4, 0.5) is 5.69 Å². The Hall–Kier alpha value is -0.800. The minimum atomic E-state index is 0.384. The highest BCUT2D eigenvalue weighted by atomic mass is 35.5. The molecule has 1 saturated carbocycles. The van der Waals surface area contributed by atoms with Crippen LogP contribution >= 0.6 is 23.8 Å². The fraction of sp³-hybridized carbons (Fsp3) is 0.462. The van der Waals surface area contributed by atoms with Gasteiger partial charge in [-0.05, 0) is 37.0 Å². The van der Waals surface area contributed by atoms with E-state index in [1.807, 2.05) is 18.2 Å². The van der Waals surface area contributed by atoms with Gasteiger partial charge in [0.2, 0.25) is 0 Å². The van der Waals surface area contributed by atoms with E-state index in [0.717, 1.165) is 23.7 Å². The molecule has 0 amide bonds. The second kappa shape index (κ2) is 5.69. The van der Waals surface area contributed by atoms with Gasteiger partial charge in [0.1, 0.15) is 4.99 Å². The summed E-state index contributed by atoms with van der Waals surface area (Å²) >= 11 is 11.1. The second-order valence-corrected chi connectivity index (χ2v) is 5.44. The molecule has 0 saturated heterocycles. The maximum atomic E-state index is 6.18. The number of anilines is 1. The van der Waals surface area contributed by atoms with Crippen LogP contribution < -0.4 is 11.1 Å². The van der Waals surface area contributed by atoms with E-state index < -0.39 is 0 Å². The molecule has 0 aromatic heterocycles. The Labute approximate surface area is 113 Å². The zero-order chi connectivity index (χ0) is 12.3. The largest absolute Gasteiger partial charge is 0.389 e. The van der Waals surface area contributed by atoms with Crippen molar-refractivity contribution in [3.63, 3.8) is 0 Å². The average molecular weight is 269 g/mol. The topological polar surface area (TPSA) is 38.0 Å². The SMILES string of the molecule is NC(=S)c1ccc(NCC2CCCC2)c(Cl)c1. The van der Waals surface area contributed by atoms with Gasteiger partial charge in [-0.15, -0.1) is 0 Å². The molecule has 0 unspecified atom stereocenters. The Morgan fingerprint density at radius 1 is 1.41 bits per heavy atom. The predicted octanol–water partition coefficient (Wildman–Crippen LogP) is 3.58. The summed E-state index contributed by atoms with van der Waals surface area (Å²) in [6.07, 6.45) is 5.38. The summed E-state index contributed by atoms with van der Waals surface area (Å²) in [6, 6.07) is 5.68. The zero-order valence-corrected chi connectivity index (χ0v) is 11.3. The Bertz CT molecular complexity index is 414. The molecule has 4 heteroatoms. The molecular formula is C13H17ClN2S. The summed E-state index contributed by atoms with van der Waals surface area (Å²) in [5, 5.41) is 4.09. The van der Waals surface area contributed by atoms with Crippen LogP contribution in [0, 0.1) is 5.92 Å². The lowest BCUT2D eigenvalue weighted by Crippen LogP contribution is -2.12. The van der Waals surface area contributed by atoms with Crippen molar-refractivity contribution in [1.29, 1.82) is 0 Å². The molecule has 17 heavy (non-hydrogen) atoms. The van der Waals surface area contributed by atoms with Crippen LogP contribution in [0.15, 0.2) is 18.2 Å². The van der Waals surface area contributed by atoms with Crippen LogP contribution in [0.1, 0.15) is 31.2 Å². The van der Waals surface area contributed by atoms with Gasteiger partial charge in [0.25, 0.3) is 0 Å². The number of thiocarbonyl (C=S) groups is 1. The van der Waals surface area contributed by atoms with Gasteiger partial charge in [0.15, 0.2) is 0 Å². The van der Waals surface area contributed by atoms with E-state index in [2.05, 4.69) is 5.32 Å². The summed E-state index contributed by atoms with van der Waals surface area (Å²) in [5.41, 5.74) is 7.35. The minimum Gasteiger partial charge on any atom is -0.389 e. The first-order chi connectivity index (χ1) is 8.16. The highest BCUT2D eigenvalue weighted by molar-refractivity contribution is 7.80. The van der Waals surface area contributed by atoms with Crippen molar-refractivity contribution in [3.05, 3.63) is 28.8 Å². The molecule has 92 valence electrons. The molecular weight excluding hydrogens is 252 g/mol. The summed E-state index contributed by atoms with van der Waals surface area (Å²) in [7, 11) is 0. The van der Waals surface area contributed by atoms with Crippen LogP contribution in [0.3, 0.4) is 0 Å². The van der Waals surface area contributed by atoms with E-state index in [1.54, 1.807) is 0 Å². The molecule has 1 fully saturated rings. The molecule has 1 aromatic rings. The number of benzene rings is 1. The van der Waals surface area contributed by atoms with Crippen LogP contribution in [-0.4, -0.2) is 11.5 Å². The van der Waals surface area contributed by atoms with Gasteiger partial charge >= 0.3 is 0 Å². The second-order valence-electron chi connectivity index (χ2n) is 4.59. The molecule has 1 aliphatic carbocycles. The van der Waals surface area contributed by atoms with Gasteiger partial charge in [-0.1, -0.05) is 36.7 Å². The van der Waals surface area contributed by atoms with E-state index in [9.17, 15) is 0 Å². The van der Waals surface area contributed by atoms with Crippen LogP contribution in [0.2, 0.25) is 5.02 Å². The van der Waals surface area contributed by atoms with Gasteiger partial charge in [0, 0.05) is 12.1 Å². The summed E-state index contributed by atoms with van der Waals surface area (Å²) < 4.78 is 0. The molecule has 2 rings (SSSR count). The quantitative estimate of drug-likeness (QED) is 0.820. The number of hydrogen-bond donors (Lipinski definition) is 2. The Morgan fingerprint density at radius 2 is 2.12 bits per heavy atom. The van der Waals surface area contributed by atoms with E-state index in [1.165, 1.54) is 25.7 Å². The maximum Gasteiger partial charge on any atom is 0.104 e. The number of nitrogens with one attached hydrogen (secondary N) is 1. The molecule has 1 aliphatic rings. The number of hydrogen-bond acceptors (Lipinski definition) is 2. The third-order valence-electron chi connectivity index (χ3n) is 3.31. The highest BCUT2D eigenvalue weighted by Gasteiger charge is 2.14. The van der Waals surface area contributed by atoms with Crippen molar-refractivity contribution in [1.82, 2.24) is 0 Å². The highest BCUT2D eigenvalue weighted by Crippen LogP contribution is 2.27. The van der Waals surface area contributed by atoms with Gasteiger partial charge < -0.3 is 11.1 Å². The van der Waals surface area contributed by atoms with Crippen molar-refractivity contribution in [2.24, 2.45) is 11.7 Å². The van der Waals surface area contributed by atoms with Gasteiger partial charge in [-0.3, -0.25) is 0 Å². The van der Waals surface area contributed by atoms with E-state index >= 15 is 0 Å². The van der Waals surface area contributed by atoms with Crippen molar-refractivity contribution in [3.8, 4) is 0 Å². The summed E-state index contributed by atoms with van der Waals surface area (Å²) in [5.74, 6) is 0.793. The van der Waals surface area contributed by atoms with Gasteiger partial charge in [-0.2, -0.15) is 0 Å². The molecule has 0 heterocycles. The summed E-state index contributed by atoms with van der Waals surface area (Å²) in [4.78, 5) is 0.384. The fourth-order valence-electron chi connectivity index (χ4n) is 2.28. The zero-order valence-electron chi connectivity index (χ0n) is 9.71. The van der Waals surface area contributed by atoms with Crippen LogP contribution in [0.25, 0.3) is 0 Å². The van der Waals surface area contributed by atoms with Gasteiger partial charge in [-0.25, -0.2) is 0 Å². The molecule has 1 aromatic carbocycles. The van der Waals surface area contributed by atoms with E-state index in [-0.39, 0.29) is 0 Å². The lowest BCUT2D eigenvalue weighted by atomic mass is 10.1. The van der Waals surface area contributed by atoms with Crippen molar-refractivity contribution < 1.29 is 0 Å². The van der Waals surface area contributed by atoms with Crippen LogP contribution in [-0.2, 0) is 0 Å². The Kier molecular flexibility index (Phi) is 4.24. The van der Waals surface area contributed by atoms with E-state index in [0.29, 0.717) is 10.0 Å². The fourth-order valence-corrected chi connectivity index (χ4v) is 2.65. The lowest BCUT2D eigenvalue weighted by molar-refractivity contribution is 0.580. The van der Waals surface area contributed by atoms with E-state index in [4.69, 9.17) is 29.6 Å². The molecule has 0 bridgehead atoms. The normalized spacial score (nSPS) is 16.1. The Balaban J connectivity index is 1.98. The molecule has 3 N–H and O–H groups in total. The molecule has 0 atom stereocenters. The first kappa shape index (κ1) is 12.7.